The van der Waals surface area contributed by atoms with Crippen LogP contribution in [0.2, 0.25) is 0 Å². The molecule has 0 aliphatic rings. The Morgan fingerprint density at radius 2 is 0.870 bits per heavy atom. The number of para-hydroxylation sites is 2. The van der Waals surface area contributed by atoms with Gasteiger partial charge in [-0.25, -0.2) is 15.0 Å². The first-order valence-corrected chi connectivity index (χ1v) is 18.4. The number of aromatic nitrogens is 3. The number of benzene rings is 9. The Labute approximate surface area is 311 Å². The lowest BCUT2D eigenvalue weighted by Crippen LogP contribution is -1.96. The van der Waals surface area contributed by atoms with Crippen LogP contribution >= 0.6 is 0 Å². The van der Waals surface area contributed by atoms with E-state index in [-0.39, 0.29) is 0 Å². The van der Waals surface area contributed by atoms with Crippen LogP contribution in [0.4, 0.5) is 0 Å². The first-order valence-electron chi connectivity index (χ1n) is 18.4. The predicted molar refractivity (Wildman–Crippen MR) is 227 cm³/mol. The second-order valence-corrected chi connectivity index (χ2v) is 14.0. The fraction of sp³-hybridized carbons (Fsp3) is 0. The second-order valence-electron chi connectivity index (χ2n) is 14.0. The first-order chi connectivity index (χ1) is 26.8. The molecule has 0 bridgehead atoms. The molecule has 0 amide bonds. The van der Waals surface area contributed by atoms with Gasteiger partial charge < -0.3 is 0 Å². The molecule has 0 atom stereocenters. The lowest BCUT2D eigenvalue weighted by Gasteiger charge is -2.16. The quantitative estimate of drug-likeness (QED) is 0.173. The van der Waals surface area contributed by atoms with E-state index in [0.717, 1.165) is 72.2 Å². The highest BCUT2D eigenvalue weighted by Gasteiger charge is 2.18. The van der Waals surface area contributed by atoms with Gasteiger partial charge in [-0.2, -0.15) is 0 Å². The largest absolute Gasteiger partial charge is 0.246 e. The summed E-state index contributed by atoms with van der Waals surface area (Å²) in [6, 6.07) is 66.9. The van der Waals surface area contributed by atoms with Gasteiger partial charge in [0, 0.05) is 43.8 Å². The van der Waals surface area contributed by atoms with Crippen molar-refractivity contribution in [2.24, 2.45) is 0 Å². The van der Waals surface area contributed by atoms with E-state index in [1.54, 1.807) is 0 Å². The maximum absolute atomic E-state index is 5.58. The Kier molecular flexibility index (Phi) is 6.86. The third-order valence-electron chi connectivity index (χ3n) is 10.8. The molecule has 0 radical (unpaired) electrons. The molecule has 0 spiro atoms. The fourth-order valence-corrected chi connectivity index (χ4v) is 8.22. The molecule has 11 aromatic rings. The summed E-state index contributed by atoms with van der Waals surface area (Å²) in [6.07, 6.45) is 0. The topological polar surface area (TPSA) is 38.7 Å². The highest BCUT2D eigenvalue weighted by Crippen LogP contribution is 2.41. The summed E-state index contributed by atoms with van der Waals surface area (Å²) in [5, 5.41) is 12.0. The number of hydrogen-bond donors (Lipinski definition) is 0. The van der Waals surface area contributed by atoms with E-state index in [4.69, 9.17) is 15.0 Å². The minimum absolute atomic E-state index is 0.719. The molecule has 3 nitrogen and oxygen atoms in total. The summed E-state index contributed by atoms with van der Waals surface area (Å²) in [5.41, 5.74) is 9.17. The van der Waals surface area contributed by atoms with Gasteiger partial charge >= 0.3 is 0 Å². The second kappa shape index (κ2) is 12.2. The summed E-state index contributed by atoms with van der Waals surface area (Å²) < 4.78 is 0. The van der Waals surface area contributed by atoms with Crippen LogP contribution in [0.1, 0.15) is 0 Å². The Balaban J connectivity index is 1.13. The van der Waals surface area contributed by atoms with Crippen LogP contribution in [0.3, 0.4) is 0 Å². The van der Waals surface area contributed by atoms with Crippen molar-refractivity contribution in [3.05, 3.63) is 188 Å². The van der Waals surface area contributed by atoms with Gasteiger partial charge in [0.15, 0.2) is 5.82 Å². The van der Waals surface area contributed by atoms with Crippen molar-refractivity contribution < 1.29 is 0 Å². The minimum atomic E-state index is 0.719. The molecule has 0 N–H and O–H groups in total. The molecular formula is C51H31N3. The third kappa shape index (κ3) is 4.87. The van der Waals surface area contributed by atoms with Crippen molar-refractivity contribution >= 4 is 64.9 Å². The summed E-state index contributed by atoms with van der Waals surface area (Å²) in [7, 11) is 0. The van der Waals surface area contributed by atoms with E-state index in [1.165, 1.54) is 37.7 Å². The Bertz CT molecular complexity index is 3260. The molecule has 250 valence electrons. The average molecular weight is 686 g/mol. The average Bonchev–Trinajstić information content (AvgIpc) is 3.25. The van der Waals surface area contributed by atoms with Gasteiger partial charge in [0.2, 0.25) is 0 Å². The Hall–Kier alpha value is -7.23. The highest BCUT2D eigenvalue weighted by molar-refractivity contribution is 6.24. The van der Waals surface area contributed by atoms with Crippen molar-refractivity contribution in [1.82, 2.24) is 15.0 Å². The van der Waals surface area contributed by atoms with E-state index >= 15 is 0 Å². The van der Waals surface area contributed by atoms with Gasteiger partial charge in [0.1, 0.15) is 0 Å². The Morgan fingerprint density at radius 3 is 1.67 bits per heavy atom. The normalized spacial score (nSPS) is 11.7. The summed E-state index contributed by atoms with van der Waals surface area (Å²) in [6.45, 7) is 0. The molecular weight excluding hydrogens is 655 g/mol. The summed E-state index contributed by atoms with van der Waals surface area (Å²) in [5.74, 6) is 0.719. The predicted octanol–water partition coefficient (Wildman–Crippen LogP) is 13.5. The number of pyridine rings is 1. The minimum Gasteiger partial charge on any atom is -0.246 e. The zero-order valence-electron chi connectivity index (χ0n) is 29.2. The maximum atomic E-state index is 5.58. The van der Waals surface area contributed by atoms with Gasteiger partial charge in [-0.05, 0) is 50.0 Å². The van der Waals surface area contributed by atoms with Crippen molar-refractivity contribution in [3.8, 4) is 45.0 Å². The lowest BCUT2D eigenvalue weighted by molar-refractivity contribution is 1.23. The van der Waals surface area contributed by atoms with Crippen LogP contribution < -0.4 is 0 Å². The van der Waals surface area contributed by atoms with Crippen LogP contribution in [0, 0.1) is 0 Å². The van der Waals surface area contributed by atoms with Crippen LogP contribution in [-0.4, -0.2) is 15.0 Å². The van der Waals surface area contributed by atoms with Gasteiger partial charge in [0.05, 0.1) is 22.4 Å². The highest BCUT2D eigenvalue weighted by atomic mass is 14.9. The zero-order valence-corrected chi connectivity index (χ0v) is 29.2. The molecule has 2 aromatic heterocycles. The molecule has 2 heterocycles. The number of fused-ring (bicyclic) bond motifs is 9. The summed E-state index contributed by atoms with van der Waals surface area (Å²) >= 11 is 0. The first kappa shape index (κ1) is 30.4. The molecule has 0 aliphatic carbocycles. The summed E-state index contributed by atoms with van der Waals surface area (Å²) in [4.78, 5) is 15.6. The molecule has 0 saturated heterocycles. The molecule has 3 heteroatoms. The van der Waals surface area contributed by atoms with Crippen LogP contribution in [0.5, 0.6) is 0 Å². The lowest BCUT2D eigenvalue weighted by atomic mass is 9.91. The molecule has 9 aromatic carbocycles. The Morgan fingerprint density at radius 1 is 0.296 bits per heavy atom. The van der Waals surface area contributed by atoms with E-state index in [0.29, 0.717) is 0 Å². The number of nitrogens with zero attached hydrogens (tertiary/aromatic N) is 3. The van der Waals surface area contributed by atoms with E-state index in [2.05, 4.69) is 164 Å². The monoisotopic (exact) mass is 685 g/mol. The smallest absolute Gasteiger partial charge is 0.160 e. The molecule has 0 saturated carbocycles. The third-order valence-corrected chi connectivity index (χ3v) is 10.8. The van der Waals surface area contributed by atoms with E-state index in [9.17, 15) is 0 Å². The number of rotatable bonds is 4. The van der Waals surface area contributed by atoms with Gasteiger partial charge in [-0.1, -0.05) is 176 Å². The van der Waals surface area contributed by atoms with Crippen LogP contribution in [0.15, 0.2) is 188 Å². The van der Waals surface area contributed by atoms with Crippen LogP contribution in [0.25, 0.3) is 110 Å². The van der Waals surface area contributed by atoms with Crippen molar-refractivity contribution in [1.29, 1.82) is 0 Å². The molecule has 11 rings (SSSR count). The SMILES string of the molecule is c1ccc(-c2nc(-c3ccc(-c4nc5c(-c6ccc7ccc8ccccc8c7c6)cccc5c5c4ccc4ccccc45)cc3)c3ccccc3n2)cc1. The fourth-order valence-electron chi connectivity index (χ4n) is 8.22. The zero-order chi connectivity index (χ0) is 35.6. The molecule has 0 aliphatic heterocycles. The maximum Gasteiger partial charge on any atom is 0.160 e. The van der Waals surface area contributed by atoms with Crippen molar-refractivity contribution in [3.63, 3.8) is 0 Å². The molecule has 0 fully saturated rings. The standard InChI is InChI=1S/C51H31N3/c1-2-13-37(14-3-1)51-52-46-20-9-8-17-42(46)48(54-51)35-24-26-36(27-25-35)49-44-30-29-33-12-5-7-16-40(33)47(44)43-19-10-18-41(50(43)53-49)38-28-23-34-22-21-32-11-4-6-15-39(32)45(34)31-38/h1-31H. The van der Waals surface area contributed by atoms with Gasteiger partial charge in [-0.15, -0.1) is 0 Å². The van der Waals surface area contributed by atoms with Gasteiger partial charge in [0.25, 0.3) is 0 Å². The van der Waals surface area contributed by atoms with E-state index < -0.39 is 0 Å². The van der Waals surface area contributed by atoms with Crippen molar-refractivity contribution in [2.75, 3.05) is 0 Å². The van der Waals surface area contributed by atoms with Crippen LogP contribution in [-0.2, 0) is 0 Å². The number of hydrogen-bond acceptors (Lipinski definition) is 3. The van der Waals surface area contributed by atoms with E-state index in [1.807, 2.05) is 24.3 Å². The molecule has 0 unspecified atom stereocenters. The molecule has 54 heavy (non-hydrogen) atoms. The van der Waals surface area contributed by atoms with Crippen molar-refractivity contribution in [2.45, 2.75) is 0 Å². The van der Waals surface area contributed by atoms with Gasteiger partial charge in [-0.3, -0.25) is 0 Å².